The lowest BCUT2D eigenvalue weighted by Crippen LogP contribution is -2.44. The van der Waals surface area contributed by atoms with Crippen LogP contribution in [0.2, 0.25) is 0 Å². The molecule has 0 aromatic heterocycles. The first-order chi connectivity index (χ1) is 20.4. The van der Waals surface area contributed by atoms with E-state index in [1.165, 1.54) is 11.0 Å². The molecule has 1 atom stereocenters. The van der Waals surface area contributed by atoms with Crippen LogP contribution in [0.25, 0.3) is 0 Å². The van der Waals surface area contributed by atoms with Gasteiger partial charge in [-0.15, -0.1) is 0 Å². The van der Waals surface area contributed by atoms with Crippen molar-refractivity contribution in [3.05, 3.63) is 95.1 Å². The Morgan fingerprint density at radius 1 is 0.810 bits per heavy atom. The van der Waals surface area contributed by atoms with Gasteiger partial charge in [-0.05, 0) is 43.2 Å². The van der Waals surface area contributed by atoms with Gasteiger partial charge in [0.05, 0.1) is 12.5 Å². The van der Waals surface area contributed by atoms with E-state index in [0.717, 1.165) is 31.2 Å². The maximum absolute atomic E-state index is 13.2. The Morgan fingerprint density at radius 2 is 1.36 bits per heavy atom. The lowest BCUT2D eigenvalue weighted by molar-refractivity contribution is -0.174. The lowest BCUT2D eigenvalue weighted by atomic mass is 10.0. The van der Waals surface area contributed by atoms with E-state index in [9.17, 15) is 24.4 Å². The first-order valence-electron chi connectivity index (χ1n) is 14.4. The Hall–Kier alpha value is -4.28. The number of carbonyl (C=O) groups is 4. The van der Waals surface area contributed by atoms with Crippen LogP contribution in [0.15, 0.2) is 84.0 Å². The number of hydrogen-bond donors (Lipinski definition) is 3. The predicted molar refractivity (Wildman–Crippen MR) is 155 cm³/mol. The van der Waals surface area contributed by atoms with Crippen LogP contribution in [0.1, 0.15) is 43.2 Å². The Morgan fingerprint density at radius 3 is 1.93 bits per heavy atom. The summed E-state index contributed by atoms with van der Waals surface area (Å²) in [5.74, 6) is -2.07. The number of rotatable bonds is 15. The number of carbonyl (C=O) groups excluding carboxylic acids is 4. The van der Waals surface area contributed by atoms with Crippen LogP contribution in [0, 0.1) is 0 Å². The molecular formula is C32H38N4O6. The number of nitrogens with zero attached hydrogens (tertiary/aromatic N) is 3. The number of nitrogens with one attached hydrogen (secondary N) is 1. The molecule has 2 aromatic carbocycles. The van der Waals surface area contributed by atoms with Gasteiger partial charge in [0.1, 0.15) is 0 Å². The summed E-state index contributed by atoms with van der Waals surface area (Å²) >= 11 is 0. The molecule has 0 saturated carbocycles. The monoisotopic (exact) mass is 574 g/mol. The third-order valence-corrected chi connectivity index (χ3v) is 7.68. The van der Waals surface area contributed by atoms with E-state index in [0.29, 0.717) is 36.8 Å². The second kappa shape index (κ2) is 15.1. The van der Waals surface area contributed by atoms with Gasteiger partial charge >= 0.3 is 0 Å². The summed E-state index contributed by atoms with van der Waals surface area (Å²) < 4.78 is 0. The summed E-state index contributed by atoms with van der Waals surface area (Å²) in [7, 11) is 0. The number of hydroxylamine groups is 3. The standard InChI is InChI=1S/C32H38N4O6/c37-29(33-41)23-28(27-18-22-35(32(27)40)20-8-14-25-11-5-2-6-12-25)36(42)30(38)16-15-26-17-21-34(31(26)39)19-7-13-24-9-3-1-4-10-24/h1-6,9-12,17-18,28,41-42H,7-8,13-16,19-23H2,(H,33,37). The van der Waals surface area contributed by atoms with Gasteiger partial charge in [-0.3, -0.25) is 29.6 Å². The molecule has 10 heteroatoms. The molecule has 10 nitrogen and oxygen atoms in total. The molecule has 2 heterocycles. The van der Waals surface area contributed by atoms with Gasteiger partial charge < -0.3 is 9.80 Å². The molecule has 2 aliphatic rings. The van der Waals surface area contributed by atoms with Gasteiger partial charge in [-0.1, -0.05) is 72.8 Å². The molecule has 222 valence electrons. The van der Waals surface area contributed by atoms with Crippen LogP contribution in [0.5, 0.6) is 0 Å². The molecule has 2 aromatic rings. The first kappa shape index (κ1) is 30.7. The minimum atomic E-state index is -1.26. The van der Waals surface area contributed by atoms with Crippen molar-refractivity contribution in [2.45, 2.75) is 51.0 Å². The summed E-state index contributed by atoms with van der Waals surface area (Å²) in [5, 5.41) is 20.3. The fraction of sp³-hybridized carbons (Fsp3) is 0.375. The maximum atomic E-state index is 13.2. The molecule has 0 fully saturated rings. The highest BCUT2D eigenvalue weighted by molar-refractivity contribution is 5.99. The van der Waals surface area contributed by atoms with E-state index in [1.807, 2.05) is 48.5 Å². The van der Waals surface area contributed by atoms with Crippen molar-refractivity contribution >= 4 is 23.6 Å². The molecule has 3 N–H and O–H groups in total. The smallest absolute Gasteiger partial charge is 0.252 e. The molecule has 0 radical (unpaired) electrons. The maximum Gasteiger partial charge on any atom is 0.252 e. The molecule has 0 saturated heterocycles. The van der Waals surface area contributed by atoms with Crippen molar-refractivity contribution < 1.29 is 29.6 Å². The van der Waals surface area contributed by atoms with E-state index in [-0.39, 0.29) is 30.2 Å². The van der Waals surface area contributed by atoms with Gasteiger partial charge in [-0.2, -0.15) is 0 Å². The predicted octanol–water partition coefficient (Wildman–Crippen LogP) is 3.05. The zero-order chi connectivity index (χ0) is 29.9. The highest BCUT2D eigenvalue weighted by Crippen LogP contribution is 2.24. The van der Waals surface area contributed by atoms with Gasteiger partial charge in [0.15, 0.2) is 0 Å². The second-order valence-corrected chi connectivity index (χ2v) is 10.6. The molecule has 4 rings (SSSR count). The lowest BCUT2D eigenvalue weighted by Gasteiger charge is -2.27. The third kappa shape index (κ3) is 8.14. The molecule has 42 heavy (non-hydrogen) atoms. The Balaban J connectivity index is 1.27. The molecule has 2 aliphatic heterocycles. The van der Waals surface area contributed by atoms with Crippen molar-refractivity contribution in [3.8, 4) is 0 Å². The summed E-state index contributed by atoms with van der Waals surface area (Å²) in [6.45, 7) is 1.85. The largest absolute Gasteiger partial charge is 0.335 e. The Labute approximate surface area is 245 Å². The number of amides is 4. The van der Waals surface area contributed by atoms with E-state index in [4.69, 9.17) is 5.21 Å². The van der Waals surface area contributed by atoms with Crippen molar-refractivity contribution in [2.75, 3.05) is 26.2 Å². The summed E-state index contributed by atoms with van der Waals surface area (Å²) in [4.78, 5) is 54.4. The van der Waals surface area contributed by atoms with Crippen molar-refractivity contribution in [1.82, 2.24) is 20.3 Å². The quantitative estimate of drug-likeness (QED) is 0.221. The summed E-state index contributed by atoms with van der Waals surface area (Å²) in [5.41, 5.74) is 4.50. The van der Waals surface area contributed by atoms with Gasteiger partial charge in [0, 0.05) is 43.7 Å². The summed E-state index contributed by atoms with van der Waals surface area (Å²) in [6, 6.07) is 18.7. The van der Waals surface area contributed by atoms with Crippen molar-refractivity contribution in [1.29, 1.82) is 0 Å². The fourth-order valence-corrected chi connectivity index (χ4v) is 5.35. The van der Waals surface area contributed by atoms with Crippen molar-refractivity contribution in [2.24, 2.45) is 0 Å². The van der Waals surface area contributed by atoms with Crippen LogP contribution in [0.3, 0.4) is 0 Å². The molecule has 4 amide bonds. The van der Waals surface area contributed by atoms with E-state index < -0.39 is 24.3 Å². The SMILES string of the molecule is O=C(CC(C1=CCN(CCCc2ccccc2)C1=O)N(O)C(=O)CCC1=CCN(CCCc2ccccc2)C1=O)NO. The van der Waals surface area contributed by atoms with Crippen molar-refractivity contribution in [3.63, 3.8) is 0 Å². The average molecular weight is 575 g/mol. The van der Waals surface area contributed by atoms with Crippen LogP contribution < -0.4 is 5.48 Å². The van der Waals surface area contributed by atoms with E-state index in [2.05, 4.69) is 12.1 Å². The summed E-state index contributed by atoms with van der Waals surface area (Å²) in [6.07, 6.45) is 6.06. The topological polar surface area (TPSA) is 130 Å². The van der Waals surface area contributed by atoms with Crippen LogP contribution in [-0.4, -0.2) is 81.1 Å². The Kier molecular flexibility index (Phi) is 11.0. The number of hydrogen-bond acceptors (Lipinski definition) is 6. The highest BCUT2D eigenvalue weighted by atomic mass is 16.5. The van der Waals surface area contributed by atoms with Crippen LogP contribution in [0.4, 0.5) is 0 Å². The third-order valence-electron chi connectivity index (χ3n) is 7.68. The van der Waals surface area contributed by atoms with E-state index in [1.54, 1.807) is 22.0 Å². The van der Waals surface area contributed by atoms with Crippen LogP contribution >= 0.6 is 0 Å². The van der Waals surface area contributed by atoms with Gasteiger partial charge in [0.2, 0.25) is 17.7 Å². The first-order valence-corrected chi connectivity index (χ1v) is 14.4. The van der Waals surface area contributed by atoms with E-state index >= 15 is 0 Å². The van der Waals surface area contributed by atoms with Gasteiger partial charge in [-0.25, -0.2) is 10.5 Å². The number of benzene rings is 2. The molecule has 0 aliphatic carbocycles. The second-order valence-electron chi connectivity index (χ2n) is 10.6. The zero-order valence-electron chi connectivity index (χ0n) is 23.7. The minimum Gasteiger partial charge on any atom is -0.335 e. The average Bonchev–Trinajstić information content (AvgIpc) is 3.56. The minimum absolute atomic E-state index is 0.120. The zero-order valence-corrected chi connectivity index (χ0v) is 23.7. The normalized spacial score (nSPS) is 15.5. The highest BCUT2D eigenvalue weighted by Gasteiger charge is 2.36. The van der Waals surface area contributed by atoms with Gasteiger partial charge in [0.25, 0.3) is 5.91 Å². The molecule has 1 unspecified atom stereocenters. The number of aryl methyl sites for hydroxylation is 2. The van der Waals surface area contributed by atoms with Crippen LogP contribution in [-0.2, 0) is 32.0 Å². The molecular weight excluding hydrogens is 536 g/mol. The molecule has 0 bridgehead atoms. The Bertz CT molecular complexity index is 1310. The fourth-order valence-electron chi connectivity index (χ4n) is 5.35. The molecule has 0 spiro atoms.